The zero-order chi connectivity index (χ0) is 30.1. The Morgan fingerprint density at radius 1 is 0.952 bits per heavy atom. The predicted molar refractivity (Wildman–Crippen MR) is 153 cm³/mol. The quantitative estimate of drug-likeness (QED) is 0.341. The van der Waals surface area contributed by atoms with E-state index in [4.69, 9.17) is 14.2 Å². The largest absolute Gasteiger partial charge is 0.497 e. The van der Waals surface area contributed by atoms with E-state index in [1.807, 2.05) is 12.1 Å². The number of methoxy groups -OCH3 is 1. The van der Waals surface area contributed by atoms with Crippen LogP contribution in [0.5, 0.6) is 11.5 Å². The Kier molecular flexibility index (Phi) is 10.5. The van der Waals surface area contributed by atoms with Crippen molar-refractivity contribution in [2.24, 2.45) is 0 Å². The van der Waals surface area contributed by atoms with Crippen molar-refractivity contribution >= 4 is 21.8 Å². The highest BCUT2D eigenvalue weighted by Gasteiger charge is 2.28. The number of nitrogens with zero attached hydrogens (tertiary/aromatic N) is 2. The molecule has 0 bridgehead atoms. The lowest BCUT2D eigenvalue weighted by Crippen LogP contribution is -2.48. The van der Waals surface area contributed by atoms with Gasteiger partial charge in [0.2, 0.25) is 15.9 Å². The number of nitrogens with one attached hydrogen (secondary N) is 1. The third kappa shape index (κ3) is 8.05. The summed E-state index contributed by atoms with van der Waals surface area (Å²) in [5, 5.41) is 2.84. The molecule has 1 atom stereocenters. The van der Waals surface area contributed by atoms with Crippen LogP contribution >= 0.6 is 0 Å². The van der Waals surface area contributed by atoms with Gasteiger partial charge < -0.3 is 24.4 Å². The highest BCUT2D eigenvalue weighted by Crippen LogP contribution is 2.21. The van der Waals surface area contributed by atoms with Crippen LogP contribution in [-0.2, 0) is 37.4 Å². The number of amides is 2. The first-order valence-corrected chi connectivity index (χ1v) is 14.9. The fourth-order valence-electron chi connectivity index (χ4n) is 4.32. The first-order valence-electron chi connectivity index (χ1n) is 13.4. The molecule has 1 heterocycles. The Hall–Kier alpha value is -4.00. The van der Waals surface area contributed by atoms with E-state index in [0.717, 1.165) is 5.56 Å². The van der Waals surface area contributed by atoms with Gasteiger partial charge >= 0.3 is 0 Å². The molecule has 12 heteroatoms. The number of morpholine rings is 1. The molecule has 3 aromatic rings. The first-order chi connectivity index (χ1) is 20.2. The molecule has 0 spiro atoms. The monoisotopic (exact) mass is 599 g/mol. The van der Waals surface area contributed by atoms with Crippen LogP contribution in [0, 0.1) is 5.82 Å². The molecular formula is C30H34FN3O7S. The SMILES string of the molecule is COc1ccc(CNC(=O)[C@H](C)N(Cc2ccc(F)cc2)C(=O)COc2ccc(S(=O)(=O)N3CCOCC3)cc2)cc1. The Labute approximate surface area is 245 Å². The minimum absolute atomic E-state index is 0.0519. The molecule has 3 aromatic carbocycles. The molecule has 0 aromatic heterocycles. The first kappa shape index (κ1) is 30.9. The van der Waals surface area contributed by atoms with E-state index in [2.05, 4.69) is 5.32 Å². The number of hydrogen-bond acceptors (Lipinski definition) is 7. The summed E-state index contributed by atoms with van der Waals surface area (Å²) >= 11 is 0. The second-order valence-corrected chi connectivity index (χ2v) is 11.6. The Morgan fingerprint density at radius 3 is 2.17 bits per heavy atom. The summed E-state index contributed by atoms with van der Waals surface area (Å²) in [5.74, 6) is -0.273. The average molecular weight is 600 g/mol. The second-order valence-electron chi connectivity index (χ2n) is 9.67. The van der Waals surface area contributed by atoms with Gasteiger partial charge in [0.05, 0.1) is 25.2 Å². The van der Waals surface area contributed by atoms with Crippen LogP contribution in [0.4, 0.5) is 4.39 Å². The van der Waals surface area contributed by atoms with E-state index in [1.54, 1.807) is 38.3 Å². The van der Waals surface area contributed by atoms with Crippen LogP contribution in [0.1, 0.15) is 18.1 Å². The molecular weight excluding hydrogens is 565 g/mol. The standard InChI is InChI=1S/C30H34FN3O7S/c1-22(30(36)32-19-23-5-9-26(39-2)10-6-23)34(20-24-3-7-25(31)8-4-24)29(35)21-41-27-11-13-28(14-12-27)42(37,38)33-15-17-40-18-16-33/h3-14,22H,15-21H2,1-2H3,(H,32,36)/t22-/m0/s1. The maximum atomic E-state index is 13.5. The Morgan fingerprint density at radius 2 is 1.55 bits per heavy atom. The number of hydrogen-bond donors (Lipinski definition) is 1. The van der Waals surface area contributed by atoms with Gasteiger partial charge in [-0.25, -0.2) is 12.8 Å². The summed E-state index contributed by atoms with van der Waals surface area (Å²) in [4.78, 5) is 27.9. The molecule has 10 nitrogen and oxygen atoms in total. The summed E-state index contributed by atoms with van der Waals surface area (Å²) in [7, 11) is -2.10. The summed E-state index contributed by atoms with van der Waals surface area (Å²) < 4.78 is 56.6. The highest BCUT2D eigenvalue weighted by atomic mass is 32.2. The number of carbonyl (C=O) groups is 2. The average Bonchev–Trinajstić information content (AvgIpc) is 3.02. The van der Waals surface area contributed by atoms with E-state index in [-0.39, 0.29) is 37.0 Å². The minimum Gasteiger partial charge on any atom is -0.497 e. The predicted octanol–water partition coefficient (Wildman–Crippen LogP) is 2.97. The van der Waals surface area contributed by atoms with Gasteiger partial charge in [0, 0.05) is 26.2 Å². The van der Waals surface area contributed by atoms with Crippen molar-refractivity contribution in [1.29, 1.82) is 0 Å². The minimum atomic E-state index is -3.67. The fourth-order valence-corrected chi connectivity index (χ4v) is 5.73. The van der Waals surface area contributed by atoms with Gasteiger partial charge in [-0.3, -0.25) is 9.59 Å². The second kappa shape index (κ2) is 14.3. The van der Waals surface area contributed by atoms with Crippen LogP contribution in [0.3, 0.4) is 0 Å². The van der Waals surface area contributed by atoms with Gasteiger partial charge in [0.25, 0.3) is 5.91 Å². The number of carbonyl (C=O) groups excluding carboxylic acids is 2. The Balaban J connectivity index is 1.41. The van der Waals surface area contributed by atoms with Crippen molar-refractivity contribution in [3.05, 3.63) is 89.7 Å². The van der Waals surface area contributed by atoms with Crippen LogP contribution in [0.15, 0.2) is 77.7 Å². The van der Waals surface area contributed by atoms with Crippen molar-refractivity contribution in [3.8, 4) is 11.5 Å². The van der Waals surface area contributed by atoms with Gasteiger partial charge in [-0.15, -0.1) is 0 Å². The maximum Gasteiger partial charge on any atom is 0.261 e. The summed E-state index contributed by atoms with van der Waals surface area (Å²) in [6.07, 6.45) is 0. The van der Waals surface area contributed by atoms with Gasteiger partial charge in [-0.1, -0.05) is 24.3 Å². The van der Waals surface area contributed by atoms with E-state index in [0.29, 0.717) is 30.3 Å². The lowest BCUT2D eigenvalue weighted by Gasteiger charge is -2.29. The van der Waals surface area contributed by atoms with Crippen LogP contribution < -0.4 is 14.8 Å². The molecule has 224 valence electrons. The highest BCUT2D eigenvalue weighted by molar-refractivity contribution is 7.89. The summed E-state index contributed by atoms with van der Waals surface area (Å²) in [6, 6.07) is 17.9. The molecule has 1 aliphatic heterocycles. The van der Waals surface area contributed by atoms with Crippen LogP contribution in [0.25, 0.3) is 0 Å². The third-order valence-electron chi connectivity index (χ3n) is 6.85. The van der Waals surface area contributed by atoms with Crippen molar-refractivity contribution < 1.29 is 36.6 Å². The molecule has 2 amide bonds. The van der Waals surface area contributed by atoms with Crippen LogP contribution in [0.2, 0.25) is 0 Å². The molecule has 0 aliphatic carbocycles. The molecule has 1 saturated heterocycles. The zero-order valence-electron chi connectivity index (χ0n) is 23.5. The van der Waals surface area contributed by atoms with E-state index < -0.39 is 34.4 Å². The van der Waals surface area contributed by atoms with Crippen molar-refractivity contribution in [2.75, 3.05) is 40.0 Å². The van der Waals surface area contributed by atoms with E-state index in [9.17, 15) is 22.4 Å². The number of benzene rings is 3. The topological polar surface area (TPSA) is 114 Å². The normalized spacial score (nSPS) is 14.5. The molecule has 4 rings (SSSR count). The molecule has 1 fully saturated rings. The molecule has 1 N–H and O–H groups in total. The molecule has 0 unspecified atom stereocenters. The maximum absolute atomic E-state index is 13.5. The van der Waals surface area contributed by atoms with Crippen molar-refractivity contribution in [3.63, 3.8) is 0 Å². The number of halogens is 1. The Bertz CT molecular complexity index is 1440. The van der Waals surface area contributed by atoms with Gasteiger partial charge in [0.15, 0.2) is 6.61 Å². The molecule has 1 aliphatic rings. The molecule has 0 saturated carbocycles. The number of ether oxygens (including phenoxy) is 3. The summed E-state index contributed by atoms with van der Waals surface area (Å²) in [5.41, 5.74) is 1.49. The van der Waals surface area contributed by atoms with E-state index in [1.165, 1.54) is 45.6 Å². The van der Waals surface area contributed by atoms with Crippen molar-refractivity contribution in [2.45, 2.75) is 31.0 Å². The zero-order valence-corrected chi connectivity index (χ0v) is 24.3. The van der Waals surface area contributed by atoms with E-state index >= 15 is 0 Å². The van der Waals surface area contributed by atoms with Gasteiger partial charge in [-0.05, 0) is 66.6 Å². The number of sulfonamides is 1. The fraction of sp³-hybridized carbons (Fsp3) is 0.333. The van der Waals surface area contributed by atoms with Gasteiger partial charge in [0.1, 0.15) is 23.4 Å². The molecule has 0 radical (unpaired) electrons. The lowest BCUT2D eigenvalue weighted by molar-refractivity contribution is -0.142. The third-order valence-corrected chi connectivity index (χ3v) is 8.77. The van der Waals surface area contributed by atoms with Crippen molar-refractivity contribution in [1.82, 2.24) is 14.5 Å². The van der Waals surface area contributed by atoms with Crippen LogP contribution in [-0.4, -0.2) is 75.5 Å². The molecule has 42 heavy (non-hydrogen) atoms. The van der Waals surface area contributed by atoms with Gasteiger partial charge in [-0.2, -0.15) is 4.31 Å². The summed E-state index contributed by atoms with van der Waals surface area (Å²) in [6.45, 7) is 2.76. The smallest absolute Gasteiger partial charge is 0.261 e. The number of rotatable bonds is 12. The lowest BCUT2D eigenvalue weighted by atomic mass is 10.1.